The van der Waals surface area contributed by atoms with Crippen LogP contribution in [-0.2, 0) is 16.7 Å². The number of terminal acetylenes is 1. The Bertz CT molecular complexity index is 957. The highest BCUT2D eigenvalue weighted by Gasteiger charge is 2.36. The second-order valence-corrected chi connectivity index (χ2v) is 5.96. The van der Waals surface area contributed by atoms with Crippen LogP contribution in [0.5, 0.6) is 5.88 Å². The van der Waals surface area contributed by atoms with E-state index >= 15 is 0 Å². The first-order valence-corrected chi connectivity index (χ1v) is 8.26. The van der Waals surface area contributed by atoms with E-state index in [1.807, 2.05) is 0 Å². The standard InChI is InChI=1S/C19H16F2N4O3/c1-2-19(5-6-27-18(22)25-19)13-7-12(3-4-14(13)21)8-16(26)15-9-24-17(10-23-15)28-11-20/h1,3-4,7,9-10H,5-6,8,11H2,(H2,22,25)/t19-/m0/s1. The molecule has 28 heavy (non-hydrogen) atoms. The number of nitrogens with zero attached hydrogens (tertiary/aromatic N) is 3. The van der Waals surface area contributed by atoms with Crippen LogP contribution in [0, 0.1) is 18.2 Å². The van der Waals surface area contributed by atoms with Gasteiger partial charge in [0.1, 0.15) is 11.5 Å². The number of rotatable bonds is 6. The van der Waals surface area contributed by atoms with Gasteiger partial charge in [0.2, 0.25) is 12.7 Å². The van der Waals surface area contributed by atoms with E-state index in [0.717, 1.165) is 6.20 Å². The minimum absolute atomic E-state index is 0.0333. The normalized spacial score (nSPS) is 18.5. The van der Waals surface area contributed by atoms with Gasteiger partial charge in [0.05, 0.1) is 19.0 Å². The lowest BCUT2D eigenvalue weighted by molar-refractivity contribution is 0.0987. The maximum Gasteiger partial charge on any atom is 0.283 e. The van der Waals surface area contributed by atoms with Gasteiger partial charge in [-0.3, -0.25) is 4.79 Å². The molecule has 2 N–H and O–H groups in total. The lowest BCUT2D eigenvalue weighted by Gasteiger charge is -2.29. The zero-order valence-corrected chi connectivity index (χ0v) is 14.7. The number of hydrogen-bond donors (Lipinski definition) is 1. The number of carbonyl (C=O) groups excluding carboxylic acids is 1. The predicted molar refractivity (Wildman–Crippen MR) is 95.8 cm³/mol. The molecule has 2 aromatic rings. The van der Waals surface area contributed by atoms with Gasteiger partial charge in [-0.1, -0.05) is 12.0 Å². The monoisotopic (exact) mass is 386 g/mol. The van der Waals surface area contributed by atoms with E-state index in [1.54, 1.807) is 0 Å². The topological polar surface area (TPSA) is 99.7 Å². The number of ether oxygens (including phenoxy) is 2. The summed E-state index contributed by atoms with van der Waals surface area (Å²) < 4.78 is 36.2. The van der Waals surface area contributed by atoms with E-state index in [0.29, 0.717) is 5.56 Å². The number of hydrogen-bond acceptors (Lipinski definition) is 7. The van der Waals surface area contributed by atoms with Gasteiger partial charge in [0.25, 0.3) is 6.02 Å². The molecule has 1 atom stereocenters. The molecule has 1 aliphatic heterocycles. The maximum atomic E-state index is 14.5. The summed E-state index contributed by atoms with van der Waals surface area (Å²) in [4.78, 5) is 24.2. The van der Waals surface area contributed by atoms with Crippen LogP contribution < -0.4 is 10.5 Å². The van der Waals surface area contributed by atoms with Crippen LogP contribution in [0.25, 0.3) is 0 Å². The van der Waals surface area contributed by atoms with Gasteiger partial charge in [-0.05, 0) is 17.7 Å². The highest BCUT2D eigenvalue weighted by atomic mass is 19.1. The Hall–Kier alpha value is -3.54. The van der Waals surface area contributed by atoms with Crippen LogP contribution in [0.2, 0.25) is 0 Å². The van der Waals surface area contributed by atoms with Crippen molar-refractivity contribution in [3.8, 4) is 18.2 Å². The van der Waals surface area contributed by atoms with Crippen LogP contribution in [-0.4, -0.2) is 35.2 Å². The number of Topliss-reactive ketones (excluding diaryl/α,β-unsaturated/α-hetero) is 1. The van der Waals surface area contributed by atoms with Gasteiger partial charge in [0, 0.05) is 18.4 Å². The summed E-state index contributed by atoms with van der Waals surface area (Å²) in [5, 5.41) is 0. The Balaban J connectivity index is 1.86. The van der Waals surface area contributed by atoms with Crippen molar-refractivity contribution in [2.24, 2.45) is 10.7 Å². The van der Waals surface area contributed by atoms with E-state index in [-0.39, 0.29) is 48.4 Å². The molecule has 9 heteroatoms. The molecule has 0 saturated heterocycles. The number of carbonyl (C=O) groups is 1. The Labute approximate surface area is 159 Å². The molecule has 0 aliphatic carbocycles. The fraction of sp³-hybridized carbons (Fsp3) is 0.263. The number of benzene rings is 1. The molecule has 0 spiro atoms. The van der Waals surface area contributed by atoms with Crippen molar-refractivity contribution in [2.45, 2.75) is 18.4 Å². The van der Waals surface area contributed by atoms with E-state index in [1.165, 1.54) is 24.4 Å². The average Bonchev–Trinajstić information content (AvgIpc) is 2.70. The van der Waals surface area contributed by atoms with Gasteiger partial charge in [-0.2, -0.15) is 0 Å². The number of amidine groups is 1. The van der Waals surface area contributed by atoms with Crippen molar-refractivity contribution in [2.75, 3.05) is 13.5 Å². The molecule has 0 amide bonds. The fourth-order valence-corrected chi connectivity index (χ4v) is 2.82. The van der Waals surface area contributed by atoms with Gasteiger partial charge in [0.15, 0.2) is 11.3 Å². The van der Waals surface area contributed by atoms with Gasteiger partial charge >= 0.3 is 0 Å². The second-order valence-electron chi connectivity index (χ2n) is 5.96. The smallest absolute Gasteiger partial charge is 0.283 e. The third-order valence-electron chi connectivity index (χ3n) is 4.21. The molecule has 1 aromatic heterocycles. The minimum atomic E-state index is -1.30. The Morgan fingerprint density at radius 3 is 2.86 bits per heavy atom. The summed E-state index contributed by atoms with van der Waals surface area (Å²) in [5.74, 6) is 1.55. The number of ketones is 1. The summed E-state index contributed by atoms with van der Waals surface area (Å²) in [6.45, 7) is -0.847. The summed E-state index contributed by atoms with van der Waals surface area (Å²) in [5.41, 5.74) is 5.04. The molecule has 0 unspecified atom stereocenters. The molecule has 0 radical (unpaired) electrons. The lowest BCUT2D eigenvalue weighted by atomic mass is 9.86. The molecule has 1 aliphatic rings. The van der Waals surface area contributed by atoms with Gasteiger partial charge in [-0.25, -0.2) is 23.7 Å². The molecule has 7 nitrogen and oxygen atoms in total. The summed E-state index contributed by atoms with van der Waals surface area (Å²) >= 11 is 0. The fourth-order valence-electron chi connectivity index (χ4n) is 2.82. The number of halogens is 2. The van der Waals surface area contributed by atoms with Crippen LogP contribution >= 0.6 is 0 Å². The highest BCUT2D eigenvalue weighted by molar-refractivity contribution is 5.95. The number of alkyl halides is 1. The zero-order valence-electron chi connectivity index (χ0n) is 14.7. The van der Waals surface area contributed by atoms with Crippen molar-refractivity contribution < 1.29 is 23.0 Å². The quantitative estimate of drug-likeness (QED) is 0.601. The Morgan fingerprint density at radius 1 is 1.39 bits per heavy atom. The van der Waals surface area contributed by atoms with E-state index in [4.69, 9.17) is 16.9 Å². The van der Waals surface area contributed by atoms with Crippen molar-refractivity contribution in [1.82, 2.24) is 9.97 Å². The summed E-state index contributed by atoms with van der Waals surface area (Å²) in [6.07, 6.45) is 8.14. The molecular formula is C19H16F2N4O3. The van der Waals surface area contributed by atoms with Crippen LogP contribution in [0.4, 0.5) is 8.78 Å². The molecular weight excluding hydrogens is 370 g/mol. The SMILES string of the molecule is C#C[C@@]1(c2cc(CC(=O)c3cnc(OCF)cn3)ccc2F)CCOC(N)=N1. The molecule has 0 saturated carbocycles. The highest BCUT2D eigenvalue weighted by Crippen LogP contribution is 2.34. The third kappa shape index (κ3) is 3.91. The molecule has 0 fully saturated rings. The summed E-state index contributed by atoms with van der Waals surface area (Å²) in [6, 6.07) is 4.07. The number of aromatic nitrogens is 2. The first-order valence-electron chi connectivity index (χ1n) is 8.26. The Kier molecular flexibility index (Phi) is 5.49. The molecule has 0 bridgehead atoms. The van der Waals surface area contributed by atoms with E-state index in [9.17, 15) is 13.6 Å². The first kappa shape index (κ1) is 19.2. The largest absolute Gasteiger partial charge is 0.465 e. The third-order valence-corrected chi connectivity index (χ3v) is 4.21. The van der Waals surface area contributed by atoms with Gasteiger partial charge < -0.3 is 15.2 Å². The molecule has 3 rings (SSSR count). The second kappa shape index (κ2) is 8.00. The van der Waals surface area contributed by atoms with Crippen molar-refractivity contribution in [3.05, 3.63) is 53.2 Å². The first-order chi connectivity index (χ1) is 13.5. The van der Waals surface area contributed by atoms with Gasteiger partial charge in [-0.15, -0.1) is 6.42 Å². The summed E-state index contributed by atoms with van der Waals surface area (Å²) in [7, 11) is 0. The van der Waals surface area contributed by atoms with E-state index in [2.05, 4.69) is 25.6 Å². The molecule has 1 aromatic carbocycles. The van der Waals surface area contributed by atoms with Crippen LogP contribution in [0.1, 0.15) is 28.0 Å². The lowest BCUT2D eigenvalue weighted by Crippen LogP contribution is -2.35. The minimum Gasteiger partial charge on any atom is -0.465 e. The van der Waals surface area contributed by atoms with Crippen molar-refractivity contribution in [3.63, 3.8) is 0 Å². The van der Waals surface area contributed by atoms with E-state index < -0.39 is 18.2 Å². The maximum absolute atomic E-state index is 14.5. The number of aliphatic imine (C=N–C) groups is 1. The van der Waals surface area contributed by atoms with Crippen molar-refractivity contribution in [1.29, 1.82) is 0 Å². The number of nitrogens with two attached hydrogens (primary N) is 1. The molecule has 144 valence electrons. The predicted octanol–water partition coefficient (Wildman–Crippen LogP) is 1.91. The average molecular weight is 386 g/mol. The Morgan fingerprint density at radius 2 is 2.21 bits per heavy atom. The van der Waals surface area contributed by atoms with Crippen LogP contribution in [0.15, 0.2) is 35.6 Å². The van der Waals surface area contributed by atoms with Crippen molar-refractivity contribution >= 4 is 11.8 Å². The zero-order chi connectivity index (χ0) is 20.1. The molecule has 2 heterocycles. The van der Waals surface area contributed by atoms with Crippen LogP contribution in [0.3, 0.4) is 0 Å².